The van der Waals surface area contributed by atoms with E-state index in [4.69, 9.17) is 4.74 Å². The van der Waals surface area contributed by atoms with E-state index in [0.717, 1.165) is 42.6 Å². The summed E-state index contributed by atoms with van der Waals surface area (Å²) < 4.78 is 5.31. The lowest BCUT2D eigenvalue weighted by atomic mass is 10.0. The number of hydrogen-bond acceptors (Lipinski definition) is 3. The number of likely N-dealkylation sites (tertiary alicyclic amines) is 1. The molecule has 1 N–H and O–H groups in total. The second kappa shape index (κ2) is 8.68. The van der Waals surface area contributed by atoms with Crippen molar-refractivity contribution in [2.24, 2.45) is 0 Å². The number of amides is 2. The highest BCUT2D eigenvalue weighted by atomic mass is 16.5. The zero-order chi connectivity index (χ0) is 20.2. The first kappa shape index (κ1) is 19.5. The Labute approximate surface area is 172 Å². The van der Waals surface area contributed by atoms with Gasteiger partial charge in [0.25, 0.3) is 5.91 Å². The number of methoxy groups -OCH3 is 1. The molecule has 1 aliphatic heterocycles. The highest BCUT2D eigenvalue weighted by Crippen LogP contribution is 2.27. The Bertz CT molecular complexity index is 889. The molecule has 2 aliphatic rings. The van der Waals surface area contributed by atoms with Gasteiger partial charge in [0.15, 0.2) is 0 Å². The molecular formula is C24H28N2O3. The predicted molar refractivity (Wildman–Crippen MR) is 113 cm³/mol. The number of ether oxygens (including phenoxy) is 1. The number of carbonyl (C=O) groups excluding carboxylic acids is 2. The molecule has 2 fully saturated rings. The molecule has 5 nitrogen and oxygen atoms in total. The summed E-state index contributed by atoms with van der Waals surface area (Å²) in [5.74, 6) is 0.716. The number of nitrogens with one attached hydrogen (secondary N) is 1. The summed E-state index contributed by atoms with van der Waals surface area (Å²) in [5.41, 5.74) is 2.57. The van der Waals surface area contributed by atoms with Gasteiger partial charge in [-0.2, -0.15) is 0 Å². The molecule has 5 heteroatoms. The number of benzene rings is 2. The van der Waals surface area contributed by atoms with Crippen molar-refractivity contribution in [2.45, 2.75) is 50.6 Å². The van der Waals surface area contributed by atoms with Gasteiger partial charge in [0, 0.05) is 18.2 Å². The molecule has 2 aromatic carbocycles. The zero-order valence-electron chi connectivity index (χ0n) is 16.9. The highest BCUT2D eigenvalue weighted by molar-refractivity contribution is 5.99. The smallest absolute Gasteiger partial charge is 0.254 e. The van der Waals surface area contributed by atoms with Gasteiger partial charge < -0.3 is 15.0 Å². The zero-order valence-corrected chi connectivity index (χ0v) is 16.9. The van der Waals surface area contributed by atoms with Crippen LogP contribution in [0.25, 0.3) is 11.1 Å². The van der Waals surface area contributed by atoms with Crippen LogP contribution in [0.5, 0.6) is 5.75 Å². The second-order valence-electron chi connectivity index (χ2n) is 7.96. The maximum atomic E-state index is 13.2. The normalized spacial score (nSPS) is 19.3. The van der Waals surface area contributed by atoms with Crippen molar-refractivity contribution >= 4 is 11.8 Å². The van der Waals surface area contributed by atoms with Crippen LogP contribution in [0.15, 0.2) is 48.5 Å². The van der Waals surface area contributed by atoms with Gasteiger partial charge >= 0.3 is 0 Å². The second-order valence-corrected chi connectivity index (χ2v) is 7.96. The van der Waals surface area contributed by atoms with Crippen LogP contribution in [0.4, 0.5) is 0 Å². The van der Waals surface area contributed by atoms with E-state index >= 15 is 0 Å². The highest BCUT2D eigenvalue weighted by Gasteiger charge is 2.35. The minimum Gasteiger partial charge on any atom is -0.497 e. The summed E-state index contributed by atoms with van der Waals surface area (Å²) in [7, 11) is 1.64. The van der Waals surface area contributed by atoms with Crippen LogP contribution in [-0.2, 0) is 4.79 Å². The number of nitrogens with zero attached hydrogens (tertiary/aromatic N) is 1. The molecule has 0 radical (unpaired) electrons. The van der Waals surface area contributed by atoms with Crippen molar-refractivity contribution in [3.05, 3.63) is 54.1 Å². The van der Waals surface area contributed by atoms with E-state index in [0.29, 0.717) is 12.1 Å². The minimum absolute atomic E-state index is 0.00620. The van der Waals surface area contributed by atoms with Gasteiger partial charge in [-0.1, -0.05) is 37.1 Å². The van der Waals surface area contributed by atoms with E-state index in [2.05, 4.69) is 5.32 Å². The number of hydrogen-bond donors (Lipinski definition) is 1. The molecule has 0 spiro atoms. The van der Waals surface area contributed by atoms with Gasteiger partial charge in [0.05, 0.1) is 7.11 Å². The standard InChI is InChI=1S/C24H28N2O3/c1-29-21-12-5-8-18(16-21)17-7-4-9-19(15-17)24(28)26-14-6-13-22(26)23(27)25-20-10-2-3-11-20/h4-5,7-9,12,15-16,20,22H,2-3,6,10-11,13-14H2,1H3,(H,25,27). The Kier molecular flexibility index (Phi) is 5.84. The Morgan fingerprint density at radius 2 is 1.69 bits per heavy atom. The molecule has 29 heavy (non-hydrogen) atoms. The molecule has 1 heterocycles. The molecule has 1 saturated carbocycles. The van der Waals surface area contributed by atoms with E-state index in [9.17, 15) is 9.59 Å². The Morgan fingerprint density at radius 3 is 2.45 bits per heavy atom. The van der Waals surface area contributed by atoms with E-state index in [1.54, 1.807) is 12.0 Å². The van der Waals surface area contributed by atoms with E-state index in [-0.39, 0.29) is 23.9 Å². The van der Waals surface area contributed by atoms with Gasteiger partial charge in [0.2, 0.25) is 5.91 Å². The minimum atomic E-state index is -0.358. The van der Waals surface area contributed by atoms with E-state index in [1.807, 2.05) is 48.5 Å². The van der Waals surface area contributed by atoms with Gasteiger partial charge in [-0.3, -0.25) is 9.59 Å². The first-order chi connectivity index (χ1) is 14.2. The summed E-state index contributed by atoms with van der Waals surface area (Å²) in [6.07, 6.45) is 6.05. The molecule has 4 rings (SSSR count). The van der Waals surface area contributed by atoms with Crippen molar-refractivity contribution in [1.29, 1.82) is 0 Å². The van der Waals surface area contributed by atoms with Gasteiger partial charge in [-0.05, 0) is 61.1 Å². The SMILES string of the molecule is COc1cccc(-c2cccc(C(=O)N3CCCC3C(=O)NC3CCCC3)c2)c1. The molecule has 0 aromatic heterocycles. The van der Waals surface area contributed by atoms with Gasteiger partial charge in [-0.25, -0.2) is 0 Å². The molecule has 1 unspecified atom stereocenters. The predicted octanol–water partition coefficient (Wildman–Crippen LogP) is 4.03. The summed E-state index contributed by atoms with van der Waals surface area (Å²) in [6.45, 7) is 0.630. The van der Waals surface area contributed by atoms with E-state index in [1.165, 1.54) is 12.8 Å². The Hall–Kier alpha value is -2.82. The van der Waals surface area contributed by atoms with Crippen LogP contribution in [0.2, 0.25) is 0 Å². The maximum Gasteiger partial charge on any atom is 0.254 e. The molecule has 1 atom stereocenters. The third kappa shape index (κ3) is 4.29. The quantitative estimate of drug-likeness (QED) is 0.836. The first-order valence-corrected chi connectivity index (χ1v) is 10.5. The van der Waals surface area contributed by atoms with Crippen molar-refractivity contribution in [1.82, 2.24) is 10.2 Å². The van der Waals surface area contributed by atoms with Gasteiger partial charge in [-0.15, -0.1) is 0 Å². The molecule has 1 saturated heterocycles. The third-order valence-corrected chi connectivity index (χ3v) is 6.03. The van der Waals surface area contributed by atoms with Crippen LogP contribution in [0.1, 0.15) is 48.9 Å². The molecule has 152 valence electrons. The van der Waals surface area contributed by atoms with Crippen LogP contribution in [-0.4, -0.2) is 42.5 Å². The summed E-state index contributed by atoms with van der Waals surface area (Å²) in [6, 6.07) is 15.3. The average molecular weight is 392 g/mol. The average Bonchev–Trinajstić information content (AvgIpc) is 3.45. The summed E-state index contributed by atoms with van der Waals surface area (Å²) in [4.78, 5) is 27.8. The molecular weight excluding hydrogens is 364 g/mol. The molecule has 1 aliphatic carbocycles. The lowest BCUT2D eigenvalue weighted by Crippen LogP contribution is -2.48. The topological polar surface area (TPSA) is 58.6 Å². The monoisotopic (exact) mass is 392 g/mol. The first-order valence-electron chi connectivity index (χ1n) is 10.5. The molecule has 0 bridgehead atoms. The number of carbonyl (C=O) groups is 2. The third-order valence-electron chi connectivity index (χ3n) is 6.03. The fourth-order valence-corrected chi connectivity index (χ4v) is 4.45. The lowest BCUT2D eigenvalue weighted by Gasteiger charge is -2.25. The van der Waals surface area contributed by atoms with Crippen LogP contribution >= 0.6 is 0 Å². The summed E-state index contributed by atoms with van der Waals surface area (Å²) in [5, 5.41) is 3.16. The van der Waals surface area contributed by atoms with Crippen molar-refractivity contribution in [3.63, 3.8) is 0 Å². The fourth-order valence-electron chi connectivity index (χ4n) is 4.45. The van der Waals surface area contributed by atoms with Crippen molar-refractivity contribution < 1.29 is 14.3 Å². The van der Waals surface area contributed by atoms with Crippen molar-refractivity contribution in [3.8, 4) is 16.9 Å². The van der Waals surface area contributed by atoms with Crippen molar-refractivity contribution in [2.75, 3.05) is 13.7 Å². The maximum absolute atomic E-state index is 13.2. The lowest BCUT2D eigenvalue weighted by molar-refractivity contribution is -0.125. The van der Waals surface area contributed by atoms with E-state index < -0.39 is 0 Å². The largest absolute Gasteiger partial charge is 0.497 e. The fraction of sp³-hybridized carbons (Fsp3) is 0.417. The van der Waals surface area contributed by atoms with Crippen LogP contribution in [0, 0.1) is 0 Å². The van der Waals surface area contributed by atoms with Crippen LogP contribution in [0.3, 0.4) is 0 Å². The molecule has 2 aromatic rings. The Morgan fingerprint density at radius 1 is 0.966 bits per heavy atom. The number of rotatable bonds is 5. The Balaban J connectivity index is 1.51. The summed E-state index contributed by atoms with van der Waals surface area (Å²) >= 11 is 0. The van der Waals surface area contributed by atoms with Crippen LogP contribution < -0.4 is 10.1 Å². The molecule has 2 amide bonds. The van der Waals surface area contributed by atoms with Gasteiger partial charge in [0.1, 0.15) is 11.8 Å².